The lowest BCUT2D eigenvalue weighted by molar-refractivity contribution is -0.121. The van der Waals surface area contributed by atoms with E-state index in [1.54, 1.807) is 17.1 Å². The number of imidazole rings is 1. The summed E-state index contributed by atoms with van der Waals surface area (Å²) in [5.41, 5.74) is 6.22. The minimum absolute atomic E-state index is 0.140. The van der Waals surface area contributed by atoms with Crippen LogP contribution in [0.25, 0.3) is 11.0 Å². The molecular formula is C21H22N4O3. The number of hydrogen-bond acceptors (Lipinski definition) is 5. The van der Waals surface area contributed by atoms with Crippen LogP contribution in [-0.2, 0) is 17.8 Å². The zero-order chi connectivity index (χ0) is 19.5. The van der Waals surface area contributed by atoms with Gasteiger partial charge in [0.2, 0.25) is 0 Å². The van der Waals surface area contributed by atoms with Crippen LogP contribution in [0.2, 0.25) is 0 Å². The minimum atomic E-state index is -0.233. The predicted molar refractivity (Wildman–Crippen MR) is 107 cm³/mol. The first-order chi connectivity index (χ1) is 13.6. The SMILES string of the molecule is CCOc1cc2c(cc1/C=N\NC(=O)Cn1cnc3ccccc31)O[C@@H](C)C2. The molecule has 28 heavy (non-hydrogen) atoms. The number of para-hydroxylation sites is 2. The number of carbonyl (C=O) groups is 1. The number of ether oxygens (including phenoxy) is 2. The molecule has 2 heterocycles. The lowest BCUT2D eigenvalue weighted by Gasteiger charge is -2.09. The molecule has 1 aromatic heterocycles. The standard InChI is InChI=1S/C21H22N4O3/c1-3-27-19-9-15-8-14(2)28-20(15)10-16(19)11-23-24-21(26)12-25-13-22-17-6-4-5-7-18(17)25/h4-7,9-11,13-14H,3,8,12H2,1-2H3,(H,24,26)/b23-11-/t14-/m0/s1. The lowest BCUT2D eigenvalue weighted by Crippen LogP contribution is -2.22. The number of nitrogens with zero attached hydrogens (tertiary/aromatic N) is 3. The van der Waals surface area contributed by atoms with Crippen molar-refractivity contribution in [3.05, 3.63) is 53.9 Å². The molecule has 7 nitrogen and oxygen atoms in total. The molecule has 0 spiro atoms. The highest BCUT2D eigenvalue weighted by Crippen LogP contribution is 2.34. The molecule has 1 N–H and O–H groups in total. The molecule has 0 aliphatic carbocycles. The summed E-state index contributed by atoms with van der Waals surface area (Å²) in [4.78, 5) is 16.5. The van der Waals surface area contributed by atoms with E-state index in [9.17, 15) is 4.79 Å². The number of aromatic nitrogens is 2. The maximum absolute atomic E-state index is 12.3. The van der Waals surface area contributed by atoms with E-state index in [-0.39, 0.29) is 18.6 Å². The van der Waals surface area contributed by atoms with E-state index < -0.39 is 0 Å². The molecule has 0 saturated carbocycles. The van der Waals surface area contributed by atoms with Gasteiger partial charge in [-0.1, -0.05) is 12.1 Å². The second-order valence-corrected chi connectivity index (χ2v) is 6.72. The number of fused-ring (bicyclic) bond motifs is 2. The Bertz CT molecular complexity index is 1040. The van der Waals surface area contributed by atoms with Crippen molar-refractivity contribution in [1.29, 1.82) is 0 Å². The number of benzene rings is 2. The zero-order valence-electron chi connectivity index (χ0n) is 15.9. The first-order valence-corrected chi connectivity index (χ1v) is 9.32. The van der Waals surface area contributed by atoms with E-state index in [0.29, 0.717) is 6.61 Å². The van der Waals surface area contributed by atoms with Crippen molar-refractivity contribution < 1.29 is 14.3 Å². The maximum Gasteiger partial charge on any atom is 0.260 e. The minimum Gasteiger partial charge on any atom is -0.493 e. The molecule has 7 heteroatoms. The number of nitrogens with one attached hydrogen (secondary N) is 1. The molecule has 1 aliphatic rings. The van der Waals surface area contributed by atoms with E-state index in [2.05, 4.69) is 15.5 Å². The molecule has 144 valence electrons. The Balaban J connectivity index is 1.45. The first-order valence-electron chi connectivity index (χ1n) is 9.32. The Hall–Kier alpha value is -3.35. The Labute approximate surface area is 163 Å². The fourth-order valence-corrected chi connectivity index (χ4v) is 3.34. The van der Waals surface area contributed by atoms with Gasteiger partial charge < -0.3 is 14.0 Å². The van der Waals surface area contributed by atoms with E-state index in [4.69, 9.17) is 9.47 Å². The van der Waals surface area contributed by atoms with Gasteiger partial charge >= 0.3 is 0 Å². The molecule has 1 amide bonds. The summed E-state index contributed by atoms with van der Waals surface area (Å²) in [6.45, 7) is 4.66. The summed E-state index contributed by atoms with van der Waals surface area (Å²) in [6, 6.07) is 11.6. The predicted octanol–water partition coefficient (Wildman–Crippen LogP) is 2.91. The summed E-state index contributed by atoms with van der Waals surface area (Å²) < 4.78 is 13.3. The van der Waals surface area contributed by atoms with Crippen molar-refractivity contribution in [1.82, 2.24) is 15.0 Å². The van der Waals surface area contributed by atoms with Crippen LogP contribution in [0.15, 0.2) is 47.8 Å². The number of hydrogen-bond donors (Lipinski definition) is 1. The van der Waals surface area contributed by atoms with Crippen LogP contribution in [-0.4, -0.2) is 34.4 Å². The van der Waals surface area contributed by atoms with Crippen molar-refractivity contribution in [3.63, 3.8) is 0 Å². The largest absolute Gasteiger partial charge is 0.493 e. The van der Waals surface area contributed by atoms with Crippen molar-refractivity contribution >= 4 is 23.2 Å². The van der Waals surface area contributed by atoms with Gasteiger partial charge in [0.25, 0.3) is 5.91 Å². The molecule has 1 atom stereocenters. The molecule has 0 unspecified atom stereocenters. The smallest absolute Gasteiger partial charge is 0.260 e. The normalized spacial score (nSPS) is 15.6. The molecule has 1 aliphatic heterocycles. The summed E-state index contributed by atoms with van der Waals surface area (Å²) in [5, 5.41) is 4.10. The summed E-state index contributed by atoms with van der Waals surface area (Å²) in [5.74, 6) is 1.34. The third kappa shape index (κ3) is 3.69. The molecular weight excluding hydrogens is 356 g/mol. The Morgan fingerprint density at radius 2 is 2.29 bits per heavy atom. The van der Waals surface area contributed by atoms with E-state index >= 15 is 0 Å². The highest BCUT2D eigenvalue weighted by atomic mass is 16.5. The van der Waals surface area contributed by atoms with Gasteiger partial charge in [-0.25, -0.2) is 10.4 Å². The highest BCUT2D eigenvalue weighted by molar-refractivity contribution is 5.86. The van der Waals surface area contributed by atoms with Gasteiger partial charge in [0, 0.05) is 17.5 Å². The third-order valence-corrected chi connectivity index (χ3v) is 4.56. The van der Waals surface area contributed by atoms with Crippen molar-refractivity contribution in [2.45, 2.75) is 32.9 Å². The highest BCUT2D eigenvalue weighted by Gasteiger charge is 2.21. The summed E-state index contributed by atoms with van der Waals surface area (Å²) in [6.07, 6.45) is 4.26. The number of carbonyl (C=O) groups excluding carboxylic acids is 1. The number of hydrazone groups is 1. The van der Waals surface area contributed by atoms with E-state index in [1.807, 2.05) is 50.2 Å². The van der Waals surface area contributed by atoms with E-state index in [0.717, 1.165) is 40.1 Å². The average molecular weight is 378 g/mol. The number of rotatable bonds is 6. The molecule has 4 rings (SSSR count). The Morgan fingerprint density at radius 1 is 1.43 bits per heavy atom. The summed E-state index contributed by atoms with van der Waals surface area (Å²) >= 11 is 0. The Morgan fingerprint density at radius 3 is 3.14 bits per heavy atom. The Kier molecular flexibility index (Phi) is 4.97. The molecule has 2 aromatic carbocycles. The van der Waals surface area contributed by atoms with Gasteiger partial charge in [0.1, 0.15) is 24.1 Å². The average Bonchev–Trinajstić information content (AvgIpc) is 3.24. The fourth-order valence-electron chi connectivity index (χ4n) is 3.34. The molecule has 0 bridgehead atoms. The van der Waals surface area contributed by atoms with Gasteiger partial charge in [-0.15, -0.1) is 0 Å². The quantitative estimate of drug-likeness (QED) is 0.528. The molecule has 0 saturated heterocycles. The number of amides is 1. The van der Waals surface area contributed by atoms with Crippen LogP contribution in [0.4, 0.5) is 0 Å². The van der Waals surface area contributed by atoms with Crippen LogP contribution in [0.5, 0.6) is 11.5 Å². The topological polar surface area (TPSA) is 77.7 Å². The summed E-state index contributed by atoms with van der Waals surface area (Å²) in [7, 11) is 0. The van der Waals surface area contributed by atoms with Crippen LogP contribution >= 0.6 is 0 Å². The monoisotopic (exact) mass is 378 g/mol. The second-order valence-electron chi connectivity index (χ2n) is 6.72. The maximum atomic E-state index is 12.3. The van der Waals surface area contributed by atoms with Crippen LogP contribution in [0, 0.1) is 0 Å². The van der Waals surface area contributed by atoms with Gasteiger partial charge in [0.05, 0.1) is 30.2 Å². The molecule has 0 fully saturated rings. The zero-order valence-corrected chi connectivity index (χ0v) is 15.9. The van der Waals surface area contributed by atoms with Crippen LogP contribution in [0.3, 0.4) is 0 Å². The molecule has 3 aromatic rings. The van der Waals surface area contributed by atoms with Crippen LogP contribution in [0.1, 0.15) is 25.0 Å². The first kappa shape index (κ1) is 18.0. The van der Waals surface area contributed by atoms with Crippen molar-refractivity contribution in [2.75, 3.05) is 6.61 Å². The van der Waals surface area contributed by atoms with Crippen molar-refractivity contribution in [3.8, 4) is 11.5 Å². The fraction of sp³-hybridized carbons (Fsp3) is 0.286. The third-order valence-electron chi connectivity index (χ3n) is 4.56. The van der Waals surface area contributed by atoms with E-state index in [1.165, 1.54) is 0 Å². The lowest BCUT2D eigenvalue weighted by atomic mass is 10.1. The van der Waals surface area contributed by atoms with Gasteiger partial charge in [-0.05, 0) is 38.1 Å². The van der Waals surface area contributed by atoms with Crippen molar-refractivity contribution in [2.24, 2.45) is 5.10 Å². The van der Waals surface area contributed by atoms with Crippen LogP contribution < -0.4 is 14.9 Å². The van der Waals surface area contributed by atoms with Gasteiger partial charge in [0.15, 0.2) is 0 Å². The van der Waals surface area contributed by atoms with Gasteiger partial charge in [-0.3, -0.25) is 4.79 Å². The second kappa shape index (κ2) is 7.72. The molecule has 0 radical (unpaired) electrons. The van der Waals surface area contributed by atoms with Gasteiger partial charge in [-0.2, -0.15) is 5.10 Å².